The van der Waals surface area contributed by atoms with Crippen molar-refractivity contribution >= 4 is 5.82 Å². The van der Waals surface area contributed by atoms with E-state index in [0.29, 0.717) is 11.6 Å². The van der Waals surface area contributed by atoms with Crippen LogP contribution in [0.2, 0.25) is 0 Å². The van der Waals surface area contributed by atoms with E-state index in [1.807, 2.05) is 11.5 Å². The Balaban J connectivity index is 2.44. The maximum atomic E-state index is 5.28. The number of rotatable bonds is 3. The second-order valence-electron chi connectivity index (χ2n) is 2.97. The van der Waals surface area contributed by atoms with Crippen molar-refractivity contribution in [3.8, 4) is 11.5 Å². The normalized spacial score (nSPS) is 10.3. The number of hydrazine groups is 1. The van der Waals surface area contributed by atoms with Gasteiger partial charge in [-0.05, 0) is 6.92 Å². The van der Waals surface area contributed by atoms with Crippen molar-refractivity contribution in [1.29, 1.82) is 0 Å². The summed E-state index contributed by atoms with van der Waals surface area (Å²) in [7, 11) is 0. The van der Waals surface area contributed by atoms with Gasteiger partial charge in [-0.3, -0.25) is 0 Å². The number of aromatic nitrogens is 4. The molecule has 0 spiro atoms. The van der Waals surface area contributed by atoms with Gasteiger partial charge in [-0.15, -0.1) is 0 Å². The molecule has 0 unspecified atom stereocenters. The molecule has 6 heteroatoms. The van der Waals surface area contributed by atoms with Gasteiger partial charge in [0.15, 0.2) is 5.82 Å². The summed E-state index contributed by atoms with van der Waals surface area (Å²) < 4.78 is 1.97. The van der Waals surface area contributed by atoms with Crippen LogP contribution in [0, 0.1) is 0 Å². The van der Waals surface area contributed by atoms with E-state index in [1.165, 1.54) is 0 Å². The minimum atomic E-state index is 0.587. The van der Waals surface area contributed by atoms with Gasteiger partial charge in [-0.2, -0.15) is 0 Å². The maximum Gasteiger partial charge on any atom is 0.179 e. The molecule has 2 rings (SSSR count). The fourth-order valence-electron chi connectivity index (χ4n) is 1.32. The van der Waals surface area contributed by atoms with Crippen LogP contribution in [0.1, 0.15) is 6.92 Å². The second-order valence-corrected chi connectivity index (χ2v) is 2.97. The minimum absolute atomic E-state index is 0.587. The van der Waals surface area contributed by atoms with Crippen LogP contribution in [0.4, 0.5) is 5.82 Å². The number of imidazole rings is 1. The van der Waals surface area contributed by atoms with Crippen LogP contribution in [0.15, 0.2) is 24.8 Å². The number of nitrogens with one attached hydrogen (secondary N) is 1. The lowest BCUT2D eigenvalue weighted by molar-refractivity contribution is 0.763. The Bertz CT molecular complexity index is 449. The molecule has 0 atom stereocenters. The molecule has 0 bridgehead atoms. The highest BCUT2D eigenvalue weighted by molar-refractivity contribution is 5.51. The molecule has 2 heterocycles. The SMILES string of the molecule is CCn1cncc1-c1nccc(NN)n1. The molecule has 0 amide bonds. The number of hydrogen-bond donors (Lipinski definition) is 2. The fourth-order valence-corrected chi connectivity index (χ4v) is 1.32. The molecule has 15 heavy (non-hydrogen) atoms. The molecule has 2 aromatic heterocycles. The molecular weight excluding hydrogens is 192 g/mol. The van der Waals surface area contributed by atoms with Gasteiger partial charge < -0.3 is 9.99 Å². The minimum Gasteiger partial charge on any atom is -0.328 e. The first-order chi connectivity index (χ1) is 7.35. The maximum absolute atomic E-state index is 5.28. The summed E-state index contributed by atoms with van der Waals surface area (Å²) in [5.74, 6) is 6.48. The van der Waals surface area contributed by atoms with E-state index < -0.39 is 0 Å². The highest BCUT2D eigenvalue weighted by Gasteiger charge is 2.06. The molecule has 78 valence electrons. The number of anilines is 1. The van der Waals surface area contributed by atoms with Crippen LogP contribution in [-0.4, -0.2) is 19.5 Å². The van der Waals surface area contributed by atoms with Crippen molar-refractivity contribution in [3.05, 3.63) is 24.8 Å². The lowest BCUT2D eigenvalue weighted by Gasteiger charge is -2.04. The first kappa shape index (κ1) is 9.60. The van der Waals surface area contributed by atoms with Crippen LogP contribution in [-0.2, 0) is 6.54 Å². The lowest BCUT2D eigenvalue weighted by atomic mass is 10.4. The summed E-state index contributed by atoms with van der Waals surface area (Å²) in [5.41, 5.74) is 3.37. The first-order valence-corrected chi connectivity index (χ1v) is 4.65. The molecule has 0 fully saturated rings. The van der Waals surface area contributed by atoms with Gasteiger partial charge in [0.2, 0.25) is 0 Å². The summed E-state index contributed by atoms with van der Waals surface area (Å²) in [6.45, 7) is 2.87. The summed E-state index contributed by atoms with van der Waals surface area (Å²) in [6, 6.07) is 1.70. The van der Waals surface area contributed by atoms with Gasteiger partial charge in [-0.25, -0.2) is 20.8 Å². The largest absolute Gasteiger partial charge is 0.328 e. The van der Waals surface area contributed by atoms with Gasteiger partial charge in [0, 0.05) is 18.8 Å². The van der Waals surface area contributed by atoms with Crippen molar-refractivity contribution < 1.29 is 0 Å². The molecule has 0 aromatic carbocycles. The summed E-state index contributed by atoms with van der Waals surface area (Å²) >= 11 is 0. The predicted molar refractivity (Wildman–Crippen MR) is 56.7 cm³/mol. The van der Waals surface area contributed by atoms with Gasteiger partial charge in [0.05, 0.1) is 12.5 Å². The molecule has 0 radical (unpaired) electrons. The van der Waals surface area contributed by atoms with Gasteiger partial charge in [0.1, 0.15) is 11.5 Å². The molecule has 0 saturated heterocycles. The quantitative estimate of drug-likeness (QED) is 0.566. The molecule has 6 nitrogen and oxygen atoms in total. The molecule has 0 aliphatic rings. The predicted octanol–water partition coefficient (Wildman–Crippen LogP) is 0.646. The van der Waals surface area contributed by atoms with E-state index in [0.717, 1.165) is 12.2 Å². The van der Waals surface area contributed by atoms with Crippen molar-refractivity contribution in [2.75, 3.05) is 5.43 Å². The monoisotopic (exact) mass is 204 g/mol. The zero-order chi connectivity index (χ0) is 10.7. The Morgan fingerprint density at radius 1 is 1.53 bits per heavy atom. The van der Waals surface area contributed by atoms with Crippen molar-refractivity contribution in [1.82, 2.24) is 19.5 Å². The highest BCUT2D eigenvalue weighted by atomic mass is 15.3. The van der Waals surface area contributed by atoms with Crippen LogP contribution in [0.25, 0.3) is 11.5 Å². The summed E-state index contributed by atoms with van der Waals surface area (Å²) in [5, 5.41) is 0. The van der Waals surface area contributed by atoms with Crippen LogP contribution >= 0.6 is 0 Å². The van der Waals surface area contributed by atoms with E-state index in [1.54, 1.807) is 24.8 Å². The van der Waals surface area contributed by atoms with Gasteiger partial charge in [-0.1, -0.05) is 0 Å². The summed E-state index contributed by atoms with van der Waals surface area (Å²) in [6.07, 6.45) is 5.14. The van der Waals surface area contributed by atoms with Gasteiger partial charge >= 0.3 is 0 Å². The zero-order valence-electron chi connectivity index (χ0n) is 8.38. The third-order valence-corrected chi connectivity index (χ3v) is 2.09. The van der Waals surface area contributed by atoms with Crippen molar-refractivity contribution in [2.45, 2.75) is 13.5 Å². The summed E-state index contributed by atoms with van der Waals surface area (Å²) in [4.78, 5) is 12.5. The number of aryl methyl sites for hydroxylation is 1. The first-order valence-electron chi connectivity index (χ1n) is 4.65. The van der Waals surface area contributed by atoms with E-state index >= 15 is 0 Å². The smallest absolute Gasteiger partial charge is 0.179 e. The standard InChI is InChI=1S/C9H12N6/c1-2-15-6-11-5-7(15)9-12-4-3-8(13-9)14-10/h3-6H,2,10H2,1H3,(H,12,13,14). The average Bonchev–Trinajstić information content (AvgIpc) is 2.77. The second kappa shape index (κ2) is 4.05. The number of nitrogen functional groups attached to an aromatic ring is 1. The Morgan fingerprint density at radius 3 is 3.13 bits per heavy atom. The Hall–Kier alpha value is -1.95. The van der Waals surface area contributed by atoms with Gasteiger partial charge in [0.25, 0.3) is 0 Å². The van der Waals surface area contributed by atoms with E-state index in [9.17, 15) is 0 Å². The molecule has 0 aliphatic carbocycles. The third-order valence-electron chi connectivity index (χ3n) is 2.09. The lowest BCUT2D eigenvalue weighted by Crippen LogP contribution is -2.09. The Kier molecular flexibility index (Phi) is 2.59. The molecular formula is C9H12N6. The van der Waals surface area contributed by atoms with E-state index in [2.05, 4.69) is 20.4 Å². The highest BCUT2D eigenvalue weighted by Crippen LogP contribution is 2.15. The topological polar surface area (TPSA) is 81.7 Å². The number of hydrogen-bond acceptors (Lipinski definition) is 5. The zero-order valence-corrected chi connectivity index (χ0v) is 8.38. The van der Waals surface area contributed by atoms with Crippen LogP contribution in [0.3, 0.4) is 0 Å². The van der Waals surface area contributed by atoms with Crippen LogP contribution < -0.4 is 11.3 Å². The van der Waals surface area contributed by atoms with Crippen LogP contribution in [0.5, 0.6) is 0 Å². The number of nitrogens with zero attached hydrogens (tertiary/aromatic N) is 4. The molecule has 2 aromatic rings. The molecule has 0 saturated carbocycles. The molecule has 3 N–H and O–H groups in total. The Labute approximate surface area is 87.2 Å². The van der Waals surface area contributed by atoms with Crippen molar-refractivity contribution in [2.24, 2.45) is 5.84 Å². The van der Waals surface area contributed by atoms with E-state index in [-0.39, 0.29) is 0 Å². The Morgan fingerprint density at radius 2 is 2.40 bits per heavy atom. The van der Waals surface area contributed by atoms with E-state index in [4.69, 9.17) is 5.84 Å². The fraction of sp³-hybridized carbons (Fsp3) is 0.222. The average molecular weight is 204 g/mol. The van der Waals surface area contributed by atoms with Crippen molar-refractivity contribution in [3.63, 3.8) is 0 Å². The molecule has 0 aliphatic heterocycles. The third kappa shape index (κ3) is 1.79. The number of nitrogens with two attached hydrogens (primary N) is 1.